The Hall–Kier alpha value is -3.92. The SMILES string of the molecule is Cc1cc(O)cc(C)c1C[C@H](N)C(=O)N1Cc2ccccc2CC1C(=O)N[C@@H](CC(=O)O)C(N)=O. The summed E-state index contributed by atoms with van der Waals surface area (Å²) in [5, 5.41) is 21.2. The smallest absolute Gasteiger partial charge is 0.305 e. The van der Waals surface area contributed by atoms with Gasteiger partial charge >= 0.3 is 5.97 Å². The lowest BCUT2D eigenvalue weighted by molar-refractivity contribution is -0.144. The quantitative estimate of drug-likeness (QED) is 0.359. The van der Waals surface area contributed by atoms with Crippen molar-refractivity contribution in [2.24, 2.45) is 11.5 Å². The first-order valence-corrected chi connectivity index (χ1v) is 11.2. The first kappa shape index (κ1) is 25.7. The van der Waals surface area contributed by atoms with E-state index in [4.69, 9.17) is 16.6 Å². The lowest BCUT2D eigenvalue weighted by atomic mass is 9.91. The highest BCUT2D eigenvalue weighted by atomic mass is 16.4. The van der Waals surface area contributed by atoms with Crippen LogP contribution in [-0.4, -0.2) is 56.9 Å². The van der Waals surface area contributed by atoms with Crippen LogP contribution in [0.2, 0.25) is 0 Å². The number of primary amides is 1. The van der Waals surface area contributed by atoms with E-state index in [2.05, 4.69) is 5.32 Å². The third-order valence-electron chi connectivity index (χ3n) is 6.29. The maximum atomic E-state index is 13.5. The van der Waals surface area contributed by atoms with Crippen LogP contribution in [0.5, 0.6) is 5.75 Å². The second-order valence-electron chi connectivity index (χ2n) is 8.88. The minimum atomic E-state index is -1.41. The number of aryl methyl sites for hydroxylation is 2. The molecule has 0 bridgehead atoms. The summed E-state index contributed by atoms with van der Waals surface area (Å²) < 4.78 is 0. The number of hydrogen-bond acceptors (Lipinski definition) is 6. The molecule has 0 aliphatic carbocycles. The molecule has 186 valence electrons. The molecule has 35 heavy (non-hydrogen) atoms. The van der Waals surface area contributed by atoms with Gasteiger partial charge in [0.2, 0.25) is 17.7 Å². The number of nitrogens with one attached hydrogen (secondary N) is 1. The average Bonchev–Trinajstić information content (AvgIpc) is 2.78. The van der Waals surface area contributed by atoms with E-state index in [0.29, 0.717) is 0 Å². The Bertz CT molecular complexity index is 1140. The number of aliphatic carboxylic acids is 1. The summed E-state index contributed by atoms with van der Waals surface area (Å²) in [6.07, 6.45) is -0.292. The van der Waals surface area contributed by atoms with Gasteiger partial charge in [0.05, 0.1) is 12.5 Å². The second-order valence-corrected chi connectivity index (χ2v) is 8.88. The van der Waals surface area contributed by atoms with Crippen LogP contribution in [0.4, 0.5) is 0 Å². The number of hydrogen-bond donors (Lipinski definition) is 5. The molecule has 1 unspecified atom stereocenters. The van der Waals surface area contributed by atoms with Crippen LogP contribution in [0.15, 0.2) is 36.4 Å². The number of amides is 3. The van der Waals surface area contributed by atoms with E-state index < -0.39 is 48.2 Å². The fourth-order valence-electron chi connectivity index (χ4n) is 4.47. The van der Waals surface area contributed by atoms with Crippen molar-refractivity contribution in [2.75, 3.05) is 0 Å². The number of carboxylic acids is 1. The molecule has 1 heterocycles. The molecule has 0 radical (unpaired) electrons. The number of carbonyl (C=O) groups excluding carboxylic acids is 3. The van der Waals surface area contributed by atoms with E-state index >= 15 is 0 Å². The number of carbonyl (C=O) groups is 4. The van der Waals surface area contributed by atoms with Crippen LogP contribution in [0, 0.1) is 13.8 Å². The summed E-state index contributed by atoms with van der Waals surface area (Å²) in [5.74, 6) is -3.29. The number of rotatable bonds is 8. The van der Waals surface area contributed by atoms with Crippen LogP contribution in [0.1, 0.15) is 34.2 Å². The average molecular weight is 483 g/mol. The van der Waals surface area contributed by atoms with Crippen molar-refractivity contribution >= 4 is 23.7 Å². The zero-order valence-corrected chi connectivity index (χ0v) is 19.7. The lowest BCUT2D eigenvalue weighted by Gasteiger charge is -2.38. The van der Waals surface area contributed by atoms with E-state index in [1.807, 2.05) is 38.1 Å². The Morgan fingerprint density at radius 1 is 1.11 bits per heavy atom. The highest BCUT2D eigenvalue weighted by molar-refractivity contribution is 5.94. The molecule has 3 atom stereocenters. The van der Waals surface area contributed by atoms with Gasteiger partial charge in [-0.1, -0.05) is 24.3 Å². The number of benzene rings is 2. The van der Waals surface area contributed by atoms with Crippen LogP contribution in [-0.2, 0) is 38.6 Å². The molecule has 0 fully saturated rings. The number of nitrogens with two attached hydrogens (primary N) is 2. The molecule has 10 heteroatoms. The maximum absolute atomic E-state index is 13.5. The van der Waals surface area contributed by atoms with Crippen molar-refractivity contribution in [3.63, 3.8) is 0 Å². The second kappa shape index (κ2) is 10.6. The Kier molecular flexibility index (Phi) is 7.75. The first-order chi connectivity index (χ1) is 16.5. The van der Waals surface area contributed by atoms with Crippen LogP contribution in [0.3, 0.4) is 0 Å². The summed E-state index contributed by atoms with van der Waals surface area (Å²) in [6, 6.07) is 7.18. The van der Waals surface area contributed by atoms with Gasteiger partial charge in [-0.15, -0.1) is 0 Å². The molecule has 3 rings (SSSR count). The number of aromatic hydroxyl groups is 1. The van der Waals surface area contributed by atoms with Crippen molar-refractivity contribution in [1.29, 1.82) is 0 Å². The molecule has 1 aliphatic rings. The van der Waals surface area contributed by atoms with E-state index in [1.165, 1.54) is 4.90 Å². The van der Waals surface area contributed by atoms with Gasteiger partial charge in [-0.3, -0.25) is 19.2 Å². The summed E-state index contributed by atoms with van der Waals surface area (Å²) in [4.78, 5) is 50.8. The van der Waals surface area contributed by atoms with Gasteiger partial charge in [0.25, 0.3) is 0 Å². The number of phenolic OH excluding ortho intramolecular Hbond substituents is 1. The summed E-state index contributed by atoms with van der Waals surface area (Å²) in [6.45, 7) is 3.77. The number of phenols is 1. The fraction of sp³-hybridized carbons (Fsp3) is 0.360. The van der Waals surface area contributed by atoms with Crippen molar-refractivity contribution in [1.82, 2.24) is 10.2 Å². The lowest BCUT2D eigenvalue weighted by Crippen LogP contribution is -2.59. The van der Waals surface area contributed by atoms with Crippen LogP contribution in [0.25, 0.3) is 0 Å². The van der Waals surface area contributed by atoms with Crippen molar-refractivity contribution in [2.45, 2.75) is 57.8 Å². The summed E-state index contributed by atoms with van der Waals surface area (Å²) in [7, 11) is 0. The largest absolute Gasteiger partial charge is 0.508 e. The third-order valence-corrected chi connectivity index (χ3v) is 6.29. The van der Waals surface area contributed by atoms with Gasteiger partial charge < -0.3 is 31.9 Å². The minimum absolute atomic E-state index is 0.124. The highest BCUT2D eigenvalue weighted by Crippen LogP contribution is 2.26. The van der Waals surface area contributed by atoms with Gasteiger partial charge in [-0.05, 0) is 60.2 Å². The number of nitrogens with zero attached hydrogens (tertiary/aromatic N) is 1. The zero-order chi connectivity index (χ0) is 25.9. The standard InChI is InChI=1S/C25H30N4O6/c1-13-7-17(30)8-14(2)18(13)10-19(26)25(35)29-12-16-6-4-3-5-15(16)9-21(29)24(34)28-20(23(27)33)11-22(31)32/h3-8,19-21,30H,9-12,26H2,1-2H3,(H2,27,33)(H,28,34)(H,31,32)/t19-,20-,21?/m0/s1. The molecule has 1 aliphatic heterocycles. The molecule has 7 N–H and O–H groups in total. The number of carboxylic acid groups (broad SMARTS) is 1. The van der Waals surface area contributed by atoms with Gasteiger partial charge in [0.1, 0.15) is 17.8 Å². The topological polar surface area (TPSA) is 176 Å². The first-order valence-electron chi connectivity index (χ1n) is 11.2. The Balaban J connectivity index is 1.87. The normalized spacial score (nSPS) is 16.7. The summed E-state index contributed by atoms with van der Waals surface area (Å²) >= 11 is 0. The summed E-state index contributed by atoms with van der Waals surface area (Å²) in [5.41, 5.74) is 15.7. The van der Waals surface area contributed by atoms with Crippen LogP contribution >= 0.6 is 0 Å². The molecular weight excluding hydrogens is 452 g/mol. The van der Waals surface area contributed by atoms with Gasteiger partial charge in [0, 0.05) is 13.0 Å². The Morgan fingerprint density at radius 3 is 2.29 bits per heavy atom. The molecule has 0 saturated heterocycles. The molecular formula is C25H30N4O6. The van der Waals surface area contributed by atoms with Crippen molar-refractivity contribution < 1.29 is 29.4 Å². The molecule has 2 aromatic rings. The molecule has 0 saturated carbocycles. The van der Waals surface area contributed by atoms with E-state index in [1.54, 1.807) is 12.1 Å². The van der Waals surface area contributed by atoms with Gasteiger partial charge in [-0.2, -0.15) is 0 Å². The van der Waals surface area contributed by atoms with E-state index in [-0.39, 0.29) is 25.1 Å². The van der Waals surface area contributed by atoms with Crippen LogP contribution < -0.4 is 16.8 Å². The molecule has 0 aromatic heterocycles. The third kappa shape index (κ3) is 5.96. The Morgan fingerprint density at radius 2 is 1.71 bits per heavy atom. The zero-order valence-electron chi connectivity index (χ0n) is 19.7. The minimum Gasteiger partial charge on any atom is -0.508 e. The molecule has 10 nitrogen and oxygen atoms in total. The molecule has 3 amide bonds. The molecule has 0 spiro atoms. The van der Waals surface area contributed by atoms with Gasteiger partial charge in [0.15, 0.2) is 0 Å². The fourth-order valence-corrected chi connectivity index (χ4v) is 4.47. The highest BCUT2D eigenvalue weighted by Gasteiger charge is 2.38. The molecule has 2 aromatic carbocycles. The van der Waals surface area contributed by atoms with Crippen molar-refractivity contribution in [3.05, 3.63) is 64.2 Å². The monoisotopic (exact) mass is 482 g/mol. The van der Waals surface area contributed by atoms with E-state index in [9.17, 15) is 24.3 Å². The maximum Gasteiger partial charge on any atom is 0.305 e. The van der Waals surface area contributed by atoms with E-state index in [0.717, 1.165) is 27.8 Å². The predicted molar refractivity (Wildman–Crippen MR) is 127 cm³/mol. The Labute approximate surface area is 202 Å². The van der Waals surface area contributed by atoms with Crippen molar-refractivity contribution in [3.8, 4) is 5.75 Å². The predicted octanol–water partition coefficient (Wildman–Crippen LogP) is 0.277. The number of fused-ring (bicyclic) bond motifs is 1. The van der Waals surface area contributed by atoms with Gasteiger partial charge in [-0.25, -0.2) is 0 Å².